The number of fused-ring (bicyclic) bond motifs is 1. The van der Waals surface area contributed by atoms with Gasteiger partial charge in [0.25, 0.3) is 0 Å². The Kier molecular flexibility index (Phi) is 4.06. The van der Waals surface area contributed by atoms with Gasteiger partial charge in [0.1, 0.15) is 6.61 Å². The van der Waals surface area contributed by atoms with Crippen LogP contribution in [-0.2, 0) is 13.0 Å². The Balaban J connectivity index is 1.66. The molecule has 1 aromatic carbocycles. The molecule has 3 rings (SSSR count). The minimum absolute atomic E-state index is 0.297. The first-order valence-electron chi connectivity index (χ1n) is 7.20. The van der Waals surface area contributed by atoms with Crippen LogP contribution in [0.3, 0.4) is 0 Å². The Hall–Kier alpha value is -2.07. The van der Waals surface area contributed by atoms with E-state index in [4.69, 9.17) is 9.47 Å². The van der Waals surface area contributed by atoms with Crippen molar-refractivity contribution in [2.75, 3.05) is 13.7 Å². The average Bonchev–Trinajstić information content (AvgIpc) is 2.53. The maximum absolute atomic E-state index is 5.87. The van der Waals surface area contributed by atoms with Gasteiger partial charge in [-0.15, -0.1) is 0 Å². The molecule has 1 aromatic heterocycles. The van der Waals surface area contributed by atoms with Crippen LogP contribution in [0.15, 0.2) is 36.5 Å². The van der Waals surface area contributed by atoms with E-state index >= 15 is 0 Å². The van der Waals surface area contributed by atoms with Crippen molar-refractivity contribution in [1.29, 1.82) is 0 Å². The fourth-order valence-electron chi connectivity index (χ4n) is 2.63. The summed E-state index contributed by atoms with van der Waals surface area (Å²) in [6, 6.07) is 10.4. The van der Waals surface area contributed by atoms with E-state index in [0.29, 0.717) is 12.6 Å². The number of methoxy groups -OCH3 is 1. The number of nitrogens with one attached hydrogen (secondary N) is 1. The minimum Gasteiger partial charge on any atom is -0.493 e. The second-order valence-corrected chi connectivity index (χ2v) is 5.31. The zero-order valence-corrected chi connectivity index (χ0v) is 12.4. The number of pyridine rings is 1. The van der Waals surface area contributed by atoms with E-state index in [1.807, 2.05) is 24.4 Å². The van der Waals surface area contributed by atoms with E-state index in [1.165, 1.54) is 11.1 Å². The molecule has 0 bridgehead atoms. The first-order valence-corrected chi connectivity index (χ1v) is 7.20. The predicted molar refractivity (Wildman–Crippen MR) is 81.8 cm³/mol. The molecule has 4 heteroatoms. The van der Waals surface area contributed by atoms with E-state index in [2.05, 4.69) is 29.4 Å². The first-order chi connectivity index (χ1) is 10.3. The van der Waals surface area contributed by atoms with Crippen molar-refractivity contribution < 1.29 is 9.47 Å². The number of para-hydroxylation sites is 1. The van der Waals surface area contributed by atoms with Gasteiger partial charge in [-0.05, 0) is 36.6 Å². The monoisotopic (exact) mass is 284 g/mol. The molecule has 0 fully saturated rings. The van der Waals surface area contributed by atoms with E-state index in [1.54, 1.807) is 7.11 Å². The summed E-state index contributed by atoms with van der Waals surface area (Å²) >= 11 is 0. The molecule has 110 valence electrons. The number of hydrogen-bond acceptors (Lipinski definition) is 4. The maximum atomic E-state index is 5.87. The number of nitrogens with zero attached hydrogens (tertiary/aromatic N) is 1. The zero-order chi connectivity index (χ0) is 14.7. The number of ether oxygens (including phenoxy) is 2. The molecule has 1 aliphatic heterocycles. The van der Waals surface area contributed by atoms with Crippen LogP contribution in [0.25, 0.3) is 0 Å². The van der Waals surface area contributed by atoms with E-state index in [9.17, 15) is 0 Å². The largest absolute Gasteiger partial charge is 0.493 e. The lowest BCUT2D eigenvalue weighted by Crippen LogP contribution is -2.39. The Morgan fingerprint density at radius 1 is 1.33 bits per heavy atom. The molecule has 4 nitrogen and oxygen atoms in total. The van der Waals surface area contributed by atoms with Gasteiger partial charge in [-0.1, -0.05) is 18.2 Å². The molecule has 0 radical (unpaired) electrons. The van der Waals surface area contributed by atoms with Crippen molar-refractivity contribution in [3.8, 4) is 11.5 Å². The lowest BCUT2D eigenvalue weighted by molar-refractivity contribution is 0.226. The smallest absolute Gasteiger partial charge is 0.164 e. The molecule has 1 atom stereocenters. The highest BCUT2D eigenvalue weighted by atomic mass is 16.5. The second-order valence-electron chi connectivity index (χ2n) is 5.31. The SMILES string of the molecule is COc1cccc2c1OC[C@H](NCc1ncccc1C)C2. The van der Waals surface area contributed by atoms with E-state index in [0.717, 1.165) is 30.2 Å². The molecule has 0 saturated carbocycles. The zero-order valence-electron chi connectivity index (χ0n) is 12.4. The summed E-state index contributed by atoms with van der Waals surface area (Å²) in [7, 11) is 1.67. The molecule has 0 amide bonds. The van der Waals surface area contributed by atoms with Gasteiger partial charge in [0.15, 0.2) is 11.5 Å². The minimum atomic E-state index is 0.297. The van der Waals surface area contributed by atoms with Gasteiger partial charge < -0.3 is 14.8 Å². The Morgan fingerprint density at radius 3 is 3.05 bits per heavy atom. The Morgan fingerprint density at radius 2 is 2.24 bits per heavy atom. The number of aromatic nitrogens is 1. The quantitative estimate of drug-likeness (QED) is 0.937. The molecular formula is C17H20N2O2. The van der Waals surface area contributed by atoms with Crippen molar-refractivity contribution in [1.82, 2.24) is 10.3 Å². The van der Waals surface area contributed by atoms with Crippen LogP contribution in [0.5, 0.6) is 11.5 Å². The van der Waals surface area contributed by atoms with Crippen LogP contribution in [0, 0.1) is 6.92 Å². The average molecular weight is 284 g/mol. The lowest BCUT2D eigenvalue weighted by Gasteiger charge is -2.27. The van der Waals surface area contributed by atoms with Gasteiger partial charge in [-0.2, -0.15) is 0 Å². The third-order valence-electron chi connectivity index (χ3n) is 3.85. The standard InChI is InChI=1S/C17H20N2O2/c1-12-5-4-8-18-15(12)10-19-14-9-13-6-3-7-16(20-2)17(13)21-11-14/h3-8,14,19H,9-11H2,1-2H3/t14-/m1/s1. The highest BCUT2D eigenvalue weighted by Gasteiger charge is 2.22. The van der Waals surface area contributed by atoms with Crippen molar-refractivity contribution >= 4 is 0 Å². The summed E-state index contributed by atoms with van der Waals surface area (Å²) in [6.07, 6.45) is 2.78. The molecule has 2 heterocycles. The lowest BCUT2D eigenvalue weighted by atomic mass is 10.0. The third-order valence-corrected chi connectivity index (χ3v) is 3.85. The molecule has 0 saturated heterocycles. The summed E-state index contributed by atoms with van der Waals surface area (Å²) < 4.78 is 11.2. The topological polar surface area (TPSA) is 43.4 Å². The molecule has 0 aliphatic carbocycles. The summed E-state index contributed by atoms with van der Waals surface area (Å²) in [6.45, 7) is 3.50. The molecule has 0 unspecified atom stereocenters. The van der Waals surface area contributed by atoms with Crippen molar-refractivity contribution in [3.63, 3.8) is 0 Å². The summed E-state index contributed by atoms with van der Waals surface area (Å²) in [5.74, 6) is 1.69. The van der Waals surface area contributed by atoms with Gasteiger partial charge in [-0.3, -0.25) is 4.98 Å². The Bertz CT molecular complexity index is 628. The number of aryl methyl sites for hydroxylation is 1. The van der Waals surface area contributed by atoms with Gasteiger partial charge in [0.2, 0.25) is 0 Å². The van der Waals surface area contributed by atoms with Crippen LogP contribution in [0.2, 0.25) is 0 Å². The van der Waals surface area contributed by atoms with Gasteiger partial charge >= 0.3 is 0 Å². The van der Waals surface area contributed by atoms with E-state index in [-0.39, 0.29) is 0 Å². The van der Waals surface area contributed by atoms with Crippen LogP contribution in [0.4, 0.5) is 0 Å². The summed E-state index contributed by atoms with van der Waals surface area (Å²) in [5, 5.41) is 3.53. The Labute approximate surface area is 125 Å². The highest BCUT2D eigenvalue weighted by Crippen LogP contribution is 2.34. The first kappa shape index (κ1) is 13.9. The number of rotatable bonds is 4. The van der Waals surface area contributed by atoms with Crippen LogP contribution in [-0.4, -0.2) is 24.7 Å². The highest BCUT2D eigenvalue weighted by molar-refractivity contribution is 5.48. The fourth-order valence-corrected chi connectivity index (χ4v) is 2.63. The molecule has 1 aliphatic rings. The van der Waals surface area contributed by atoms with Gasteiger partial charge in [0.05, 0.1) is 12.8 Å². The second kappa shape index (κ2) is 6.14. The van der Waals surface area contributed by atoms with Crippen molar-refractivity contribution in [2.45, 2.75) is 25.9 Å². The van der Waals surface area contributed by atoms with Crippen molar-refractivity contribution in [2.24, 2.45) is 0 Å². The number of hydrogen-bond donors (Lipinski definition) is 1. The molecule has 2 aromatic rings. The van der Waals surface area contributed by atoms with E-state index < -0.39 is 0 Å². The summed E-state index contributed by atoms with van der Waals surface area (Å²) in [4.78, 5) is 4.41. The van der Waals surface area contributed by atoms with Gasteiger partial charge in [0, 0.05) is 18.8 Å². The molecular weight excluding hydrogens is 264 g/mol. The number of benzene rings is 1. The maximum Gasteiger partial charge on any atom is 0.164 e. The van der Waals surface area contributed by atoms with Gasteiger partial charge in [-0.25, -0.2) is 0 Å². The predicted octanol–water partition coefficient (Wildman–Crippen LogP) is 2.49. The third kappa shape index (κ3) is 3.00. The van der Waals surface area contributed by atoms with Crippen molar-refractivity contribution in [3.05, 3.63) is 53.3 Å². The normalized spacial score (nSPS) is 17.0. The molecule has 0 spiro atoms. The van der Waals surface area contributed by atoms with Crippen LogP contribution >= 0.6 is 0 Å². The fraction of sp³-hybridized carbons (Fsp3) is 0.353. The molecule has 1 N–H and O–H groups in total. The molecule has 21 heavy (non-hydrogen) atoms. The van der Waals surface area contributed by atoms with Crippen LogP contribution < -0.4 is 14.8 Å². The summed E-state index contributed by atoms with van der Waals surface area (Å²) in [5.41, 5.74) is 3.49. The van der Waals surface area contributed by atoms with Crippen LogP contribution in [0.1, 0.15) is 16.8 Å².